The van der Waals surface area contributed by atoms with Gasteiger partial charge in [-0.05, 0) is 59.3 Å². The number of hydrogen-bond donors (Lipinski definition) is 0. The minimum absolute atomic E-state index is 0. The molecule has 0 bridgehead atoms. The van der Waals surface area contributed by atoms with E-state index in [9.17, 15) is 0 Å². The topological polar surface area (TPSA) is 0 Å². The van der Waals surface area contributed by atoms with Crippen LogP contribution in [0.3, 0.4) is 0 Å². The van der Waals surface area contributed by atoms with Crippen LogP contribution >= 0.6 is 24.8 Å². The summed E-state index contributed by atoms with van der Waals surface area (Å²) in [6.07, 6.45) is 3.48. The van der Waals surface area contributed by atoms with Crippen LogP contribution in [-0.4, -0.2) is 6.88 Å². The van der Waals surface area contributed by atoms with E-state index >= 15 is 0 Å². The van der Waals surface area contributed by atoms with Crippen molar-refractivity contribution < 1.29 is 23.3 Å². The van der Waals surface area contributed by atoms with Crippen molar-refractivity contribution in [2.75, 3.05) is 0 Å². The van der Waals surface area contributed by atoms with Gasteiger partial charge in [0.05, 0.1) is 0 Å². The van der Waals surface area contributed by atoms with Crippen molar-refractivity contribution in [1.29, 1.82) is 0 Å². The molecule has 6 aromatic carbocycles. The molecule has 2 radical (unpaired) electrons. The molecule has 6 rings (SSSR count). The van der Waals surface area contributed by atoms with Crippen molar-refractivity contribution in [3.8, 4) is 22.3 Å². The average molecular weight is 787 g/mol. The second-order valence-electron chi connectivity index (χ2n) is 12.6. The van der Waals surface area contributed by atoms with Gasteiger partial charge >= 0.3 is 30.2 Å². The number of hydrogen-bond acceptors (Lipinski definition) is 0. The van der Waals surface area contributed by atoms with Crippen LogP contribution in [0.25, 0.3) is 43.8 Å². The molecule has 49 heavy (non-hydrogen) atoms. The molecule has 0 saturated carbocycles. The van der Waals surface area contributed by atoms with Gasteiger partial charge in [0.25, 0.3) is 0 Å². The maximum atomic E-state index is 3.06. The monoisotopic (exact) mass is 784 g/mol. The van der Waals surface area contributed by atoms with E-state index in [2.05, 4.69) is 165 Å². The molecule has 2 unspecified atom stereocenters. The summed E-state index contributed by atoms with van der Waals surface area (Å²) in [7, 11) is 0. The van der Waals surface area contributed by atoms with Crippen LogP contribution < -0.4 is 0 Å². The van der Waals surface area contributed by atoms with E-state index in [1.54, 1.807) is 0 Å². The number of fused-ring (bicyclic) bond motifs is 2. The first kappa shape index (κ1) is 46.8. The van der Waals surface area contributed by atoms with E-state index in [4.69, 9.17) is 0 Å². The second kappa shape index (κ2) is 22.6. The summed E-state index contributed by atoms with van der Waals surface area (Å²) < 4.78 is 0. The van der Waals surface area contributed by atoms with Crippen molar-refractivity contribution in [2.24, 2.45) is 0 Å². The Labute approximate surface area is 328 Å². The Bertz CT molecular complexity index is 1790. The predicted molar refractivity (Wildman–Crippen MR) is 224 cm³/mol. The van der Waals surface area contributed by atoms with Gasteiger partial charge in [-0.3, -0.25) is 0 Å². The molecule has 262 valence electrons. The van der Waals surface area contributed by atoms with Crippen LogP contribution in [0.2, 0.25) is 0 Å². The zero-order valence-electron chi connectivity index (χ0n) is 31.1. The van der Waals surface area contributed by atoms with Gasteiger partial charge in [-0.15, -0.1) is 93.9 Å². The summed E-state index contributed by atoms with van der Waals surface area (Å²) in [6.45, 7) is 18.9. The Morgan fingerprint density at radius 1 is 0.571 bits per heavy atom. The fraction of sp³-hybridized carbons (Fsp3) is 0.289. The van der Waals surface area contributed by atoms with Crippen molar-refractivity contribution in [2.45, 2.75) is 85.5 Å². The molecular weight excluding hydrogens is 731 g/mol. The van der Waals surface area contributed by atoms with Gasteiger partial charge in [-0.2, -0.15) is 12.1 Å². The molecule has 0 aliphatic carbocycles. The Hall–Kier alpha value is -2.22. The fourth-order valence-corrected chi connectivity index (χ4v) is 6.05. The summed E-state index contributed by atoms with van der Waals surface area (Å²) in [5.74, 6) is 1.85. The maximum absolute atomic E-state index is 3.06. The van der Waals surface area contributed by atoms with E-state index in [0.717, 1.165) is 6.42 Å². The molecule has 4 heteroatoms. The number of halogens is 2. The second-order valence-corrected chi connectivity index (χ2v) is 12.6. The zero-order chi connectivity index (χ0) is 32.5. The number of aryl methyl sites for hydroxylation is 1. The molecule has 0 saturated heterocycles. The fourth-order valence-electron chi connectivity index (χ4n) is 6.05. The molecular formula is C45H56Cl2SiZr-4. The van der Waals surface area contributed by atoms with E-state index in [1.807, 2.05) is 0 Å². The third-order valence-electron chi connectivity index (χ3n) is 9.46. The van der Waals surface area contributed by atoms with Crippen LogP contribution in [-0.2, 0) is 29.8 Å². The van der Waals surface area contributed by atoms with Crippen molar-refractivity contribution >= 4 is 53.2 Å². The van der Waals surface area contributed by atoms with Crippen molar-refractivity contribution in [3.63, 3.8) is 0 Å². The summed E-state index contributed by atoms with van der Waals surface area (Å²) >= 11 is 1.36. The minimum atomic E-state index is 0. The average Bonchev–Trinajstić information content (AvgIpc) is 3.74. The predicted octanol–water partition coefficient (Wildman–Crippen LogP) is 14.5. The van der Waals surface area contributed by atoms with Gasteiger partial charge < -0.3 is 14.9 Å². The molecule has 0 fully saturated rings. The van der Waals surface area contributed by atoms with E-state index in [1.165, 1.54) is 102 Å². The Balaban J connectivity index is 0.000000831. The zero-order valence-corrected chi connectivity index (χ0v) is 36.2. The Morgan fingerprint density at radius 3 is 1.37 bits per heavy atom. The third kappa shape index (κ3) is 11.4. The van der Waals surface area contributed by atoms with Crippen LogP contribution in [0.4, 0.5) is 0 Å². The Morgan fingerprint density at radius 2 is 0.980 bits per heavy atom. The molecule has 0 aliphatic heterocycles. The first-order valence-corrected chi connectivity index (χ1v) is 20.8. The standard InChI is InChI=1S/C22H25.C21H23.2CH3.2ClH.Si.Zr/c1-5-16(4)17-9-11-18(12-10-17)21-8-6-7-19-13-20(15(2)3)14-22(19)21;1-4-15(3)17-9-11-18(12-10-17)20-8-6-7-19-13-16(5-2)14-21(19)20;;;;;;/h6-16H,5H2,1-4H3;6-15H,4-5H2,1-3H3;2*1H3;2*1H;;/q4*-1;;;;. The van der Waals surface area contributed by atoms with Gasteiger partial charge in [0.15, 0.2) is 0 Å². The molecule has 6 aromatic rings. The summed E-state index contributed by atoms with van der Waals surface area (Å²) in [5.41, 5.74) is 11.1. The van der Waals surface area contributed by atoms with Gasteiger partial charge in [0.2, 0.25) is 0 Å². The molecule has 0 heterocycles. The molecule has 2 atom stereocenters. The molecule has 0 spiro atoms. The van der Waals surface area contributed by atoms with Crippen LogP contribution in [0.15, 0.2) is 109 Å². The molecule has 0 amide bonds. The first-order valence-electron chi connectivity index (χ1n) is 16.7. The van der Waals surface area contributed by atoms with Crippen LogP contribution in [0, 0.1) is 14.9 Å². The van der Waals surface area contributed by atoms with E-state index in [0.29, 0.717) is 17.8 Å². The van der Waals surface area contributed by atoms with Gasteiger partial charge in [-0.25, -0.2) is 0 Å². The SMILES string of the molecule is CCC(C)c1ccc(-c2cccc3[cH-]c(C(C)C)cc23)cc1.CCc1cc2c(-c3ccc(C(C)CC)cc3)cccc2[cH-]1.Cl.Cl.[CH3-].[CH3-].[Si]=[Zr]. The Kier molecular flexibility index (Phi) is 21.5. The van der Waals surface area contributed by atoms with Gasteiger partial charge in [0.1, 0.15) is 0 Å². The molecule has 0 aliphatic rings. The normalized spacial score (nSPS) is 11.3. The molecule has 0 aromatic heterocycles. The van der Waals surface area contributed by atoms with E-state index < -0.39 is 0 Å². The summed E-state index contributed by atoms with van der Waals surface area (Å²) in [5, 5.41) is 5.47. The summed E-state index contributed by atoms with van der Waals surface area (Å²) in [6, 6.07) is 40.8. The van der Waals surface area contributed by atoms with Crippen molar-refractivity contribution in [1.82, 2.24) is 0 Å². The van der Waals surface area contributed by atoms with Crippen molar-refractivity contribution in [3.05, 3.63) is 146 Å². The van der Waals surface area contributed by atoms with E-state index in [-0.39, 0.29) is 39.7 Å². The first-order chi connectivity index (χ1) is 21.8. The number of rotatable bonds is 8. The van der Waals surface area contributed by atoms with Crippen LogP contribution in [0.5, 0.6) is 0 Å². The van der Waals surface area contributed by atoms with Gasteiger partial charge in [-0.1, -0.05) is 120 Å². The quantitative estimate of drug-likeness (QED) is 0.106. The number of benzene rings is 4. The van der Waals surface area contributed by atoms with Gasteiger partial charge in [0, 0.05) is 0 Å². The molecule has 0 nitrogen and oxygen atoms in total. The summed E-state index contributed by atoms with van der Waals surface area (Å²) in [4.78, 5) is 0. The third-order valence-corrected chi connectivity index (χ3v) is 9.46. The molecule has 0 N–H and O–H groups in total. The van der Waals surface area contributed by atoms with Crippen LogP contribution in [0.1, 0.15) is 101 Å².